The number of ether oxygens (including phenoxy) is 1. The molecule has 0 aromatic heterocycles. The fraction of sp³-hybridized carbons (Fsp3) is 0.0714. The second-order valence-corrected chi connectivity index (χ2v) is 4.41. The molecule has 9 heteroatoms. The molecule has 1 N–H and O–H groups in total. The van der Waals surface area contributed by atoms with Gasteiger partial charge in [0.25, 0.3) is 5.69 Å². The quantitative estimate of drug-likeness (QED) is 0.168. The van der Waals surface area contributed by atoms with Crippen LogP contribution in [0.1, 0.15) is 11.1 Å². The molecule has 0 amide bonds. The monoisotopic (exact) mass is 314 g/mol. The van der Waals surface area contributed by atoms with E-state index in [4.69, 9.17) is 10.6 Å². The molecule has 0 aliphatic heterocycles. The number of hydrogen-bond donors (Lipinski definition) is 1. The highest BCUT2D eigenvalue weighted by Gasteiger charge is 2.15. The first-order valence-corrected chi connectivity index (χ1v) is 6.32. The Morgan fingerprint density at radius 1 is 1.30 bits per heavy atom. The van der Waals surface area contributed by atoms with Crippen LogP contribution in [-0.2, 0) is 6.42 Å². The number of carbonyl (C=O) groups is 1. The van der Waals surface area contributed by atoms with E-state index in [9.17, 15) is 14.9 Å². The Labute approximate surface area is 129 Å². The molecular formula is C14H10N4O5. The van der Waals surface area contributed by atoms with Crippen molar-refractivity contribution < 1.29 is 19.6 Å². The van der Waals surface area contributed by atoms with E-state index in [1.54, 1.807) is 24.3 Å². The topological polar surface area (TPSA) is 138 Å². The minimum Gasteiger partial charge on any atom is -0.449 e. The van der Waals surface area contributed by atoms with Crippen molar-refractivity contribution in [2.75, 3.05) is 0 Å². The zero-order valence-corrected chi connectivity index (χ0v) is 11.6. The lowest BCUT2D eigenvalue weighted by molar-refractivity contribution is -0.384. The van der Waals surface area contributed by atoms with Crippen LogP contribution in [0.5, 0.6) is 5.75 Å². The van der Waals surface area contributed by atoms with Gasteiger partial charge in [-0.1, -0.05) is 29.4 Å². The van der Waals surface area contributed by atoms with Crippen LogP contribution >= 0.6 is 0 Å². The minimum atomic E-state index is -1.52. The molecule has 2 rings (SSSR count). The summed E-state index contributed by atoms with van der Waals surface area (Å²) in [5.74, 6) is -0.0150. The number of nitrogens with zero attached hydrogens (tertiary/aromatic N) is 4. The van der Waals surface area contributed by atoms with Gasteiger partial charge >= 0.3 is 6.16 Å². The predicted octanol–water partition coefficient (Wildman–Crippen LogP) is 4.18. The summed E-state index contributed by atoms with van der Waals surface area (Å²) in [6.07, 6.45) is -1.41. The lowest BCUT2D eigenvalue weighted by atomic mass is 10.0. The molecule has 23 heavy (non-hydrogen) atoms. The minimum absolute atomic E-state index is 0.0150. The predicted molar refractivity (Wildman–Crippen MR) is 79.8 cm³/mol. The molecule has 0 spiro atoms. The lowest BCUT2D eigenvalue weighted by Gasteiger charge is -2.09. The molecule has 0 saturated heterocycles. The second kappa shape index (κ2) is 6.92. The van der Waals surface area contributed by atoms with Gasteiger partial charge in [0.1, 0.15) is 5.75 Å². The van der Waals surface area contributed by atoms with Crippen molar-refractivity contribution in [3.63, 3.8) is 0 Å². The number of nitro benzene ring substituents is 1. The Morgan fingerprint density at radius 2 is 2.04 bits per heavy atom. The Bertz CT molecular complexity index is 815. The van der Waals surface area contributed by atoms with Crippen LogP contribution in [0.2, 0.25) is 0 Å². The van der Waals surface area contributed by atoms with Gasteiger partial charge in [0.2, 0.25) is 0 Å². The third-order valence-corrected chi connectivity index (χ3v) is 2.98. The van der Waals surface area contributed by atoms with Gasteiger partial charge in [-0.2, -0.15) is 0 Å². The first-order valence-electron chi connectivity index (χ1n) is 6.32. The first kappa shape index (κ1) is 15.8. The molecule has 0 heterocycles. The standard InChI is InChI=1S/C14H10N4O5/c15-17-16-12-4-2-1-3-9(12)7-10-8-11(18(21)22)5-6-13(10)23-14(19)20/h1-6,8H,7H2,(H,19,20). The van der Waals surface area contributed by atoms with Crippen LogP contribution in [0.4, 0.5) is 16.2 Å². The van der Waals surface area contributed by atoms with Gasteiger partial charge in [-0.25, -0.2) is 4.79 Å². The van der Waals surface area contributed by atoms with E-state index in [1.165, 1.54) is 12.1 Å². The number of non-ortho nitro benzene ring substituents is 1. The van der Waals surface area contributed by atoms with E-state index < -0.39 is 11.1 Å². The molecule has 2 aromatic rings. The summed E-state index contributed by atoms with van der Waals surface area (Å²) in [5.41, 5.74) is 9.60. The maximum Gasteiger partial charge on any atom is 0.511 e. The van der Waals surface area contributed by atoms with Crippen molar-refractivity contribution in [1.82, 2.24) is 0 Å². The van der Waals surface area contributed by atoms with Crippen LogP contribution in [0.3, 0.4) is 0 Å². The molecule has 0 saturated carbocycles. The summed E-state index contributed by atoms with van der Waals surface area (Å²) >= 11 is 0. The highest BCUT2D eigenvalue weighted by molar-refractivity contribution is 5.63. The van der Waals surface area contributed by atoms with Crippen molar-refractivity contribution in [2.45, 2.75) is 6.42 Å². The fourth-order valence-electron chi connectivity index (χ4n) is 2.02. The SMILES string of the molecule is [N-]=[N+]=Nc1ccccc1Cc1cc([N+](=O)[O-])ccc1OC(=O)O. The van der Waals surface area contributed by atoms with Crippen molar-refractivity contribution in [3.8, 4) is 5.75 Å². The maximum atomic E-state index is 10.9. The van der Waals surface area contributed by atoms with Gasteiger partial charge in [0.15, 0.2) is 0 Å². The van der Waals surface area contributed by atoms with Gasteiger partial charge < -0.3 is 9.84 Å². The van der Waals surface area contributed by atoms with Crippen molar-refractivity contribution in [2.24, 2.45) is 5.11 Å². The fourth-order valence-corrected chi connectivity index (χ4v) is 2.02. The van der Waals surface area contributed by atoms with Crippen LogP contribution < -0.4 is 4.74 Å². The molecule has 116 valence electrons. The molecule has 0 bridgehead atoms. The Hall–Kier alpha value is -3.58. The number of rotatable bonds is 5. The molecular weight excluding hydrogens is 304 g/mol. The summed E-state index contributed by atoms with van der Waals surface area (Å²) in [5, 5.41) is 23.2. The average molecular weight is 314 g/mol. The molecule has 0 unspecified atom stereocenters. The zero-order chi connectivity index (χ0) is 16.8. The summed E-state index contributed by atoms with van der Waals surface area (Å²) in [6, 6.07) is 10.2. The van der Waals surface area contributed by atoms with Crippen molar-refractivity contribution in [3.05, 3.63) is 74.1 Å². The van der Waals surface area contributed by atoms with Crippen molar-refractivity contribution in [1.29, 1.82) is 0 Å². The Balaban J connectivity index is 2.48. The normalized spacial score (nSPS) is 9.74. The summed E-state index contributed by atoms with van der Waals surface area (Å²) in [6.45, 7) is 0. The van der Waals surface area contributed by atoms with Gasteiger partial charge in [0.05, 0.1) is 4.92 Å². The van der Waals surface area contributed by atoms with E-state index in [-0.39, 0.29) is 17.9 Å². The van der Waals surface area contributed by atoms with Crippen LogP contribution in [0.15, 0.2) is 47.6 Å². The zero-order valence-electron chi connectivity index (χ0n) is 11.6. The number of nitro groups is 1. The van der Waals surface area contributed by atoms with E-state index in [1.807, 2.05) is 0 Å². The van der Waals surface area contributed by atoms with E-state index in [0.717, 1.165) is 6.07 Å². The smallest absolute Gasteiger partial charge is 0.449 e. The number of carboxylic acid groups (broad SMARTS) is 1. The Kier molecular flexibility index (Phi) is 4.75. The van der Waals surface area contributed by atoms with Gasteiger partial charge in [0, 0.05) is 34.7 Å². The van der Waals surface area contributed by atoms with Gasteiger partial charge in [-0.05, 0) is 17.2 Å². The molecule has 0 radical (unpaired) electrons. The second-order valence-electron chi connectivity index (χ2n) is 4.41. The third-order valence-electron chi connectivity index (χ3n) is 2.98. The van der Waals surface area contributed by atoms with E-state index >= 15 is 0 Å². The van der Waals surface area contributed by atoms with Crippen LogP contribution in [0.25, 0.3) is 10.4 Å². The van der Waals surface area contributed by atoms with Gasteiger partial charge in [-0.3, -0.25) is 10.1 Å². The maximum absolute atomic E-state index is 10.9. The number of azide groups is 1. The largest absolute Gasteiger partial charge is 0.511 e. The van der Waals surface area contributed by atoms with Crippen molar-refractivity contribution >= 4 is 17.5 Å². The Morgan fingerprint density at radius 3 is 2.70 bits per heavy atom. The number of hydrogen-bond acceptors (Lipinski definition) is 5. The first-order chi connectivity index (χ1) is 11.0. The van der Waals surface area contributed by atoms with Gasteiger partial charge in [-0.15, -0.1) is 0 Å². The molecule has 2 aromatic carbocycles. The van der Waals surface area contributed by atoms with E-state index in [0.29, 0.717) is 16.8 Å². The molecule has 0 atom stereocenters. The number of benzene rings is 2. The van der Waals surface area contributed by atoms with E-state index in [2.05, 4.69) is 14.8 Å². The summed E-state index contributed by atoms with van der Waals surface area (Å²) in [7, 11) is 0. The highest BCUT2D eigenvalue weighted by Crippen LogP contribution is 2.30. The highest BCUT2D eigenvalue weighted by atomic mass is 16.7. The molecule has 9 nitrogen and oxygen atoms in total. The van der Waals surface area contributed by atoms with Crippen LogP contribution in [0, 0.1) is 10.1 Å². The third kappa shape index (κ3) is 3.96. The summed E-state index contributed by atoms with van der Waals surface area (Å²) < 4.78 is 4.64. The lowest BCUT2D eigenvalue weighted by Crippen LogP contribution is -2.06. The molecule has 0 aliphatic rings. The van der Waals surface area contributed by atoms with Crippen LogP contribution in [-0.4, -0.2) is 16.2 Å². The summed E-state index contributed by atoms with van der Waals surface area (Å²) in [4.78, 5) is 23.8. The average Bonchev–Trinajstić information content (AvgIpc) is 2.50. The molecule has 0 fully saturated rings. The molecule has 0 aliphatic carbocycles.